The van der Waals surface area contributed by atoms with Crippen LogP contribution in [0.5, 0.6) is 0 Å². The topological polar surface area (TPSA) is 21.3 Å². The van der Waals surface area contributed by atoms with E-state index in [1.807, 2.05) is 11.8 Å². The molecule has 0 spiro atoms. The minimum atomic E-state index is 0.0797. The summed E-state index contributed by atoms with van der Waals surface area (Å²) in [5, 5.41) is 3.44. The molecular formula is C17H27NOS. The standard InChI is InChI=1S/C17H27NOS/c1-5-18-13(2)14-6-8-16(9-7-14)20-12-15-10-11-17(3,4)19-15/h6-9,13,15,18H,5,10-12H2,1-4H3. The molecule has 1 aliphatic rings. The molecule has 0 amide bonds. The van der Waals surface area contributed by atoms with Crippen LogP contribution in [-0.2, 0) is 4.74 Å². The summed E-state index contributed by atoms with van der Waals surface area (Å²) < 4.78 is 6.03. The summed E-state index contributed by atoms with van der Waals surface area (Å²) in [5.74, 6) is 1.06. The Morgan fingerprint density at radius 3 is 2.60 bits per heavy atom. The lowest BCUT2D eigenvalue weighted by Crippen LogP contribution is -2.21. The van der Waals surface area contributed by atoms with Crippen LogP contribution in [0.15, 0.2) is 29.2 Å². The Labute approximate surface area is 127 Å². The van der Waals surface area contributed by atoms with E-state index in [-0.39, 0.29) is 5.60 Å². The predicted molar refractivity (Wildman–Crippen MR) is 87.4 cm³/mol. The molecule has 1 N–H and O–H groups in total. The lowest BCUT2D eigenvalue weighted by atomic mass is 10.1. The van der Waals surface area contributed by atoms with Crippen molar-refractivity contribution in [3.8, 4) is 0 Å². The maximum atomic E-state index is 6.03. The molecule has 3 heteroatoms. The molecule has 1 heterocycles. The van der Waals surface area contributed by atoms with Crippen LogP contribution < -0.4 is 5.32 Å². The number of benzene rings is 1. The van der Waals surface area contributed by atoms with Crippen LogP contribution in [-0.4, -0.2) is 24.0 Å². The van der Waals surface area contributed by atoms with Crippen molar-refractivity contribution in [3.05, 3.63) is 29.8 Å². The maximum Gasteiger partial charge on any atom is 0.0677 e. The van der Waals surface area contributed by atoms with Crippen molar-refractivity contribution >= 4 is 11.8 Å². The third-order valence-corrected chi connectivity index (χ3v) is 5.02. The Bertz CT molecular complexity index is 416. The molecule has 1 aromatic rings. The molecule has 2 nitrogen and oxygen atoms in total. The number of nitrogens with one attached hydrogen (secondary N) is 1. The molecule has 112 valence electrons. The molecule has 1 aliphatic heterocycles. The normalized spacial score (nSPS) is 22.9. The lowest BCUT2D eigenvalue weighted by molar-refractivity contribution is -0.00466. The SMILES string of the molecule is CCNC(C)c1ccc(SCC2CCC(C)(C)O2)cc1. The summed E-state index contributed by atoms with van der Waals surface area (Å²) in [7, 11) is 0. The van der Waals surface area contributed by atoms with Gasteiger partial charge in [-0.1, -0.05) is 19.1 Å². The van der Waals surface area contributed by atoms with Gasteiger partial charge in [-0.15, -0.1) is 11.8 Å². The Morgan fingerprint density at radius 2 is 2.05 bits per heavy atom. The summed E-state index contributed by atoms with van der Waals surface area (Å²) in [6.45, 7) is 9.74. The number of ether oxygens (including phenoxy) is 1. The zero-order chi connectivity index (χ0) is 14.6. The molecule has 2 rings (SSSR count). The molecule has 1 aromatic carbocycles. The molecule has 0 bridgehead atoms. The van der Waals surface area contributed by atoms with E-state index in [1.165, 1.54) is 23.3 Å². The van der Waals surface area contributed by atoms with Crippen LogP contribution in [0.2, 0.25) is 0 Å². The van der Waals surface area contributed by atoms with E-state index in [0.717, 1.165) is 12.3 Å². The Morgan fingerprint density at radius 1 is 1.35 bits per heavy atom. The van der Waals surface area contributed by atoms with Crippen molar-refractivity contribution in [1.29, 1.82) is 0 Å². The van der Waals surface area contributed by atoms with Crippen molar-refractivity contribution in [1.82, 2.24) is 5.32 Å². The van der Waals surface area contributed by atoms with E-state index in [4.69, 9.17) is 4.74 Å². The van der Waals surface area contributed by atoms with Gasteiger partial charge in [0.1, 0.15) is 0 Å². The van der Waals surface area contributed by atoms with Crippen LogP contribution >= 0.6 is 11.8 Å². The molecule has 0 saturated carbocycles. The van der Waals surface area contributed by atoms with Gasteiger partial charge in [0, 0.05) is 16.7 Å². The first-order valence-electron chi connectivity index (χ1n) is 7.64. The van der Waals surface area contributed by atoms with E-state index < -0.39 is 0 Å². The van der Waals surface area contributed by atoms with Gasteiger partial charge in [-0.05, 0) is 57.9 Å². The predicted octanol–water partition coefficient (Wildman–Crippen LogP) is 4.41. The molecule has 2 unspecified atom stereocenters. The second kappa shape index (κ2) is 6.97. The highest BCUT2D eigenvalue weighted by Gasteiger charge is 2.31. The fourth-order valence-corrected chi connectivity index (χ4v) is 3.60. The highest BCUT2D eigenvalue weighted by Crippen LogP contribution is 2.32. The van der Waals surface area contributed by atoms with Crippen LogP contribution in [0.4, 0.5) is 0 Å². The number of thioether (sulfide) groups is 1. The van der Waals surface area contributed by atoms with Gasteiger partial charge in [-0.25, -0.2) is 0 Å². The lowest BCUT2D eigenvalue weighted by Gasteiger charge is -2.19. The summed E-state index contributed by atoms with van der Waals surface area (Å²) in [5.41, 5.74) is 1.44. The third-order valence-electron chi connectivity index (χ3n) is 3.88. The second-order valence-corrected chi connectivity index (χ2v) is 7.29. The fraction of sp³-hybridized carbons (Fsp3) is 0.647. The van der Waals surface area contributed by atoms with Crippen LogP contribution in [0.1, 0.15) is 52.1 Å². The van der Waals surface area contributed by atoms with Crippen molar-refractivity contribution in [2.24, 2.45) is 0 Å². The van der Waals surface area contributed by atoms with E-state index >= 15 is 0 Å². The number of rotatable bonds is 6. The molecule has 0 aliphatic carbocycles. The molecule has 20 heavy (non-hydrogen) atoms. The van der Waals surface area contributed by atoms with E-state index in [1.54, 1.807) is 0 Å². The summed E-state index contributed by atoms with van der Waals surface area (Å²) in [4.78, 5) is 1.34. The van der Waals surface area contributed by atoms with Crippen molar-refractivity contribution in [3.63, 3.8) is 0 Å². The molecule has 1 fully saturated rings. The second-order valence-electron chi connectivity index (χ2n) is 6.20. The van der Waals surface area contributed by atoms with Crippen LogP contribution in [0.25, 0.3) is 0 Å². The average molecular weight is 293 g/mol. The smallest absolute Gasteiger partial charge is 0.0677 e. The first-order valence-corrected chi connectivity index (χ1v) is 8.63. The fourth-order valence-electron chi connectivity index (χ4n) is 2.66. The number of hydrogen-bond donors (Lipinski definition) is 1. The zero-order valence-electron chi connectivity index (χ0n) is 13.1. The van der Waals surface area contributed by atoms with Gasteiger partial charge in [-0.2, -0.15) is 0 Å². The molecule has 0 aromatic heterocycles. The first-order chi connectivity index (χ1) is 9.50. The minimum Gasteiger partial charge on any atom is -0.371 e. The summed E-state index contributed by atoms with van der Waals surface area (Å²) >= 11 is 1.91. The molecule has 1 saturated heterocycles. The van der Waals surface area contributed by atoms with Crippen molar-refractivity contribution in [2.45, 2.75) is 63.2 Å². The Hall–Kier alpha value is -0.510. The van der Waals surface area contributed by atoms with Gasteiger partial charge >= 0.3 is 0 Å². The highest BCUT2D eigenvalue weighted by atomic mass is 32.2. The van der Waals surface area contributed by atoms with Gasteiger partial charge in [0.2, 0.25) is 0 Å². The molecule has 0 radical (unpaired) electrons. The van der Waals surface area contributed by atoms with E-state index in [0.29, 0.717) is 12.1 Å². The Kier molecular flexibility index (Phi) is 5.53. The number of hydrogen-bond acceptors (Lipinski definition) is 3. The van der Waals surface area contributed by atoms with Gasteiger partial charge in [0.15, 0.2) is 0 Å². The maximum absolute atomic E-state index is 6.03. The highest BCUT2D eigenvalue weighted by molar-refractivity contribution is 7.99. The summed E-state index contributed by atoms with van der Waals surface area (Å²) in [6.07, 6.45) is 2.78. The molecular weight excluding hydrogens is 266 g/mol. The van der Waals surface area contributed by atoms with Gasteiger partial charge in [0.05, 0.1) is 11.7 Å². The zero-order valence-corrected chi connectivity index (χ0v) is 13.9. The van der Waals surface area contributed by atoms with E-state index in [2.05, 4.69) is 57.3 Å². The van der Waals surface area contributed by atoms with E-state index in [9.17, 15) is 0 Å². The summed E-state index contributed by atoms with van der Waals surface area (Å²) in [6, 6.07) is 9.35. The van der Waals surface area contributed by atoms with Gasteiger partial charge in [0.25, 0.3) is 0 Å². The van der Waals surface area contributed by atoms with Crippen LogP contribution in [0, 0.1) is 0 Å². The minimum absolute atomic E-state index is 0.0797. The average Bonchev–Trinajstić information content (AvgIpc) is 2.77. The molecule has 2 atom stereocenters. The quantitative estimate of drug-likeness (QED) is 0.785. The monoisotopic (exact) mass is 293 g/mol. The third kappa shape index (κ3) is 4.51. The first kappa shape index (κ1) is 15.9. The van der Waals surface area contributed by atoms with Crippen LogP contribution in [0.3, 0.4) is 0 Å². The van der Waals surface area contributed by atoms with Gasteiger partial charge in [-0.3, -0.25) is 0 Å². The Balaban J connectivity index is 1.82. The van der Waals surface area contributed by atoms with Gasteiger partial charge < -0.3 is 10.1 Å². The van der Waals surface area contributed by atoms with Crippen molar-refractivity contribution < 1.29 is 4.74 Å². The largest absolute Gasteiger partial charge is 0.371 e. The van der Waals surface area contributed by atoms with Crippen molar-refractivity contribution in [2.75, 3.05) is 12.3 Å².